The Kier molecular flexibility index (Phi) is 4.47. The first-order valence-electron chi connectivity index (χ1n) is 6.85. The second-order valence-electron chi connectivity index (χ2n) is 4.83. The van der Waals surface area contributed by atoms with Crippen LogP contribution in [0.2, 0.25) is 0 Å². The Morgan fingerprint density at radius 2 is 1.87 bits per heavy atom. The molecule has 1 aliphatic heterocycles. The van der Waals surface area contributed by atoms with Crippen molar-refractivity contribution >= 4 is 33.4 Å². The Bertz CT molecular complexity index is 763. The summed E-state index contributed by atoms with van der Waals surface area (Å²) in [5, 5.41) is 5.10. The number of rotatable bonds is 3. The predicted octanol–water partition coefficient (Wildman–Crippen LogP) is 2.43. The maximum Gasteiger partial charge on any atom is 0.313 e. The van der Waals surface area contributed by atoms with E-state index in [4.69, 9.17) is 9.47 Å². The largest absolute Gasteiger partial charge is 0.454 e. The molecule has 118 valence electrons. The van der Waals surface area contributed by atoms with Crippen LogP contribution in [0.3, 0.4) is 0 Å². The smallest absolute Gasteiger partial charge is 0.313 e. The number of carbonyl (C=O) groups is 2. The zero-order chi connectivity index (χ0) is 16.2. The van der Waals surface area contributed by atoms with E-state index < -0.39 is 11.8 Å². The molecule has 23 heavy (non-hydrogen) atoms. The lowest BCUT2D eigenvalue weighted by atomic mass is 10.2. The van der Waals surface area contributed by atoms with Gasteiger partial charge in [0, 0.05) is 16.7 Å². The van der Waals surface area contributed by atoms with Crippen LogP contribution in [0.4, 0.5) is 5.69 Å². The lowest BCUT2D eigenvalue weighted by Crippen LogP contribution is -2.34. The zero-order valence-corrected chi connectivity index (χ0v) is 13.6. The van der Waals surface area contributed by atoms with Gasteiger partial charge in [0.05, 0.1) is 0 Å². The van der Waals surface area contributed by atoms with Crippen LogP contribution in [0.5, 0.6) is 11.5 Å². The number of amides is 2. The molecule has 1 heterocycles. The summed E-state index contributed by atoms with van der Waals surface area (Å²) in [7, 11) is 0. The normalized spacial score (nSPS) is 11.9. The van der Waals surface area contributed by atoms with Crippen molar-refractivity contribution in [3.05, 3.63) is 52.5 Å². The molecule has 0 bridgehead atoms. The molecule has 0 radical (unpaired) electrons. The number of anilines is 1. The molecule has 0 spiro atoms. The van der Waals surface area contributed by atoms with Crippen molar-refractivity contribution in [2.75, 3.05) is 12.1 Å². The number of hydrogen-bond donors (Lipinski definition) is 2. The van der Waals surface area contributed by atoms with Crippen LogP contribution in [-0.4, -0.2) is 18.6 Å². The fourth-order valence-electron chi connectivity index (χ4n) is 2.07. The molecule has 2 aromatic carbocycles. The van der Waals surface area contributed by atoms with Crippen molar-refractivity contribution in [3.8, 4) is 11.5 Å². The lowest BCUT2D eigenvalue weighted by Gasteiger charge is -2.07. The van der Waals surface area contributed by atoms with Crippen LogP contribution < -0.4 is 20.1 Å². The zero-order valence-electron chi connectivity index (χ0n) is 12.0. The van der Waals surface area contributed by atoms with Crippen LogP contribution in [0, 0.1) is 0 Å². The van der Waals surface area contributed by atoms with Gasteiger partial charge in [0.15, 0.2) is 11.5 Å². The van der Waals surface area contributed by atoms with Crippen molar-refractivity contribution in [3.63, 3.8) is 0 Å². The molecule has 2 N–H and O–H groups in total. The summed E-state index contributed by atoms with van der Waals surface area (Å²) in [6.07, 6.45) is 0. The molecular formula is C16H13BrN2O4. The van der Waals surface area contributed by atoms with Crippen LogP contribution in [-0.2, 0) is 16.1 Å². The van der Waals surface area contributed by atoms with E-state index in [9.17, 15) is 9.59 Å². The highest BCUT2D eigenvalue weighted by molar-refractivity contribution is 9.10. The number of ether oxygens (including phenoxy) is 2. The van der Waals surface area contributed by atoms with Crippen molar-refractivity contribution in [1.82, 2.24) is 5.32 Å². The van der Waals surface area contributed by atoms with Gasteiger partial charge in [-0.2, -0.15) is 0 Å². The minimum Gasteiger partial charge on any atom is -0.454 e. The first-order chi connectivity index (χ1) is 11.1. The van der Waals surface area contributed by atoms with Crippen LogP contribution >= 0.6 is 15.9 Å². The molecule has 0 unspecified atom stereocenters. The van der Waals surface area contributed by atoms with Gasteiger partial charge in [0.2, 0.25) is 6.79 Å². The first kappa shape index (κ1) is 15.4. The molecule has 6 nitrogen and oxygen atoms in total. The molecule has 1 aliphatic rings. The van der Waals surface area contributed by atoms with E-state index in [-0.39, 0.29) is 13.3 Å². The van der Waals surface area contributed by atoms with Gasteiger partial charge in [0.25, 0.3) is 0 Å². The molecule has 0 saturated heterocycles. The van der Waals surface area contributed by atoms with Crippen LogP contribution in [0.15, 0.2) is 46.9 Å². The average molecular weight is 377 g/mol. The van der Waals surface area contributed by atoms with Crippen LogP contribution in [0.25, 0.3) is 0 Å². The summed E-state index contributed by atoms with van der Waals surface area (Å²) < 4.78 is 11.3. The molecule has 3 rings (SSSR count). The summed E-state index contributed by atoms with van der Waals surface area (Å²) in [5.74, 6) is -0.116. The highest BCUT2D eigenvalue weighted by Crippen LogP contribution is 2.32. The Labute approximate surface area is 140 Å². The topological polar surface area (TPSA) is 76.7 Å². The van der Waals surface area contributed by atoms with Gasteiger partial charge in [-0.3, -0.25) is 9.59 Å². The fraction of sp³-hybridized carbons (Fsp3) is 0.125. The lowest BCUT2D eigenvalue weighted by molar-refractivity contribution is -0.136. The van der Waals surface area contributed by atoms with Gasteiger partial charge in [-0.1, -0.05) is 28.1 Å². The predicted molar refractivity (Wildman–Crippen MR) is 87.2 cm³/mol. The third-order valence-electron chi connectivity index (χ3n) is 3.18. The van der Waals surface area contributed by atoms with Gasteiger partial charge in [0.1, 0.15) is 0 Å². The second kappa shape index (κ2) is 6.70. The molecule has 0 fully saturated rings. The second-order valence-corrected chi connectivity index (χ2v) is 5.75. The van der Waals surface area contributed by atoms with E-state index in [2.05, 4.69) is 26.6 Å². The highest BCUT2D eigenvalue weighted by atomic mass is 79.9. The monoisotopic (exact) mass is 376 g/mol. The van der Waals surface area contributed by atoms with Crippen LogP contribution in [0.1, 0.15) is 5.56 Å². The van der Waals surface area contributed by atoms with Gasteiger partial charge in [-0.05, 0) is 35.9 Å². The number of carbonyl (C=O) groups excluding carboxylic acids is 2. The third kappa shape index (κ3) is 3.81. The fourth-order valence-corrected chi connectivity index (χ4v) is 2.47. The standard InChI is InChI=1S/C16H13BrN2O4/c17-11-2-1-3-12(7-11)19-16(21)15(20)18-8-10-4-5-13-14(6-10)23-9-22-13/h1-7H,8-9H2,(H,18,20)(H,19,21). The minimum absolute atomic E-state index is 0.195. The van der Waals surface area contributed by atoms with Gasteiger partial charge in [-0.25, -0.2) is 0 Å². The van der Waals surface area contributed by atoms with Gasteiger partial charge >= 0.3 is 11.8 Å². The SMILES string of the molecule is O=C(NCc1ccc2c(c1)OCO2)C(=O)Nc1cccc(Br)c1. The Hall–Kier alpha value is -2.54. The van der Waals surface area contributed by atoms with Crippen molar-refractivity contribution in [1.29, 1.82) is 0 Å². The molecule has 0 saturated carbocycles. The van der Waals surface area contributed by atoms with E-state index in [0.29, 0.717) is 17.2 Å². The molecular weight excluding hydrogens is 364 g/mol. The average Bonchev–Trinajstić information content (AvgIpc) is 3.00. The highest BCUT2D eigenvalue weighted by Gasteiger charge is 2.16. The Balaban J connectivity index is 1.55. The van der Waals surface area contributed by atoms with E-state index in [1.165, 1.54) is 0 Å². The van der Waals surface area contributed by atoms with E-state index in [0.717, 1.165) is 10.0 Å². The Morgan fingerprint density at radius 1 is 1.04 bits per heavy atom. The summed E-state index contributed by atoms with van der Waals surface area (Å²) in [6, 6.07) is 12.4. The number of benzene rings is 2. The number of fused-ring (bicyclic) bond motifs is 1. The molecule has 0 atom stereocenters. The molecule has 2 aromatic rings. The number of nitrogens with one attached hydrogen (secondary N) is 2. The maximum atomic E-state index is 11.8. The van der Waals surface area contributed by atoms with Gasteiger partial charge < -0.3 is 20.1 Å². The van der Waals surface area contributed by atoms with Gasteiger partial charge in [-0.15, -0.1) is 0 Å². The summed E-state index contributed by atoms with van der Waals surface area (Å²) in [5.41, 5.74) is 1.36. The summed E-state index contributed by atoms with van der Waals surface area (Å²) in [4.78, 5) is 23.7. The molecule has 7 heteroatoms. The van der Waals surface area contributed by atoms with E-state index in [1.807, 2.05) is 6.07 Å². The summed E-state index contributed by atoms with van der Waals surface area (Å²) in [6.45, 7) is 0.418. The van der Waals surface area contributed by atoms with E-state index >= 15 is 0 Å². The van der Waals surface area contributed by atoms with Crippen molar-refractivity contribution in [2.45, 2.75) is 6.54 Å². The summed E-state index contributed by atoms with van der Waals surface area (Å²) >= 11 is 3.30. The van der Waals surface area contributed by atoms with Crippen molar-refractivity contribution in [2.24, 2.45) is 0 Å². The molecule has 2 amide bonds. The molecule has 0 aliphatic carbocycles. The number of hydrogen-bond acceptors (Lipinski definition) is 4. The first-order valence-corrected chi connectivity index (χ1v) is 7.64. The maximum absolute atomic E-state index is 11.8. The molecule has 0 aromatic heterocycles. The quantitative estimate of drug-likeness (QED) is 0.806. The minimum atomic E-state index is -0.719. The third-order valence-corrected chi connectivity index (χ3v) is 3.67. The van der Waals surface area contributed by atoms with Crippen molar-refractivity contribution < 1.29 is 19.1 Å². The number of halogens is 1. The Morgan fingerprint density at radius 3 is 2.70 bits per heavy atom. The van der Waals surface area contributed by atoms with E-state index in [1.54, 1.807) is 36.4 Å².